The Kier molecular flexibility index (Phi) is 6.21. The maximum atomic E-state index is 3.85. The van der Waals surface area contributed by atoms with Crippen molar-refractivity contribution in [2.75, 3.05) is 13.1 Å². The molecule has 0 aromatic carbocycles. The molecule has 0 bridgehead atoms. The normalized spacial score (nSPS) is 40.9. The first-order valence-electron chi connectivity index (χ1n) is 11.3. The molecule has 2 N–H and O–H groups in total. The van der Waals surface area contributed by atoms with Crippen molar-refractivity contribution in [1.82, 2.24) is 10.6 Å². The second-order valence-electron chi connectivity index (χ2n) is 11.1. The molecule has 0 spiro atoms. The minimum absolute atomic E-state index is 0.270. The average Bonchev–Trinajstić information content (AvgIpc) is 2.76. The van der Waals surface area contributed by atoms with E-state index in [9.17, 15) is 0 Å². The molecule has 25 heavy (non-hydrogen) atoms. The van der Waals surface area contributed by atoms with Crippen LogP contribution >= 0.6 is 0 Å². The molecule has 0 amide bonds. The Bertz CT molecular complexity index is 412. The minimum Gasteiger partial charge on any atom is -0.316 e. The van der Waals surface area contributed by atoms with Crippen LogP contribution in [0.3, 0.4) is 0 Å². The van der Waals surface area contributed by atoms with Crippen molar-refractivity contribution in [1.29, 1.82) is 0 Å². The van der Waals surface area contributed by atoms with Crippen LogP contribution in [0.5, 0.6) is 0 Å². The van der Waals surface area contributed by atoms with Gasteiger partial charge in [-0.15, -0.1) is 0 Å². The topological polar surface area (TPSA) is 24.1 Å². The number of hydrogen-bond acceptors (Lipinski definition) is 2. The van der Waals surface area contributed by atoms with Gasteiger partial charge in [-0.3, -0.25) is 0 Å². The Morgan fingerprint density at radius 2 is 1.36 bits per heavy atom. The van der Waals surface area contributed by atoms with Crippen molar-refractivity contribution < 1.29 is 0 Å². The van der Waals surface area contributed by atoms with Crippen molar-refractivity contribution in [2.45, 2.75) is 103 Å². The van der Waals surface area contributed by atoms with Gasteiger partial charge in [0.15, 0.2) is 0 Å². The second kappa shape index (κ2) is 7.89. The van der Waals surface area contributed by atoms with Gasteiger partial charge in [0, 0.05) is 11.1 Å². The zero-order valence-electron chi connectivity index (χ0n) is 17.7. The fraction of sp³-hybridized carbons (Fsp3) is 1.00. The first kappa shape index (κ1) is 19.7. The van der Waals surface area contributed by atoms with Crippen LogP contribution in [0.4, 0.5) is 0 Å². The summed E-state index contributed by atoms with van der Waals surface area (Å²) in [7, 11) is 0. The predicted octanol–water partition coefficient (Wildman–Crippen LogP) is 5.38. The largest absolute Gasteiger partial charge is 0.316 e. The van der Waals surface area contributed by atoms with E-state index >= 15 is 0 Å². The quantitative estimate of drug-likeness (QED) is 0.697. The van der Waals surface area contributed by atoms with Crippen molar-refractivity contribution >= 4 is 0 Å². The molecule has 0 radical (unpaired) electrons. The molecule has 2 saturated carbocycles. The van der Waals surface area contributed by atoms with Gasteiger partial charge >= 0.3 is 0 Å². The van der Waals surface area contributed by atoms with Crippen LogP contribution < -0.4 is 10.6 Å². The van der Waals surface area contributed by atoms with Crippen LogP contribution in [0, 0.1) is 29.6 Å². The van der Waals surface area contributed by atoms with Gasteiger partial charge < -0.3 is 10.6 Å². The summed E-state index contributed by atoms with van der Waals surface area (Å²) in [6, 6.07) is 0. The fourth-order valence-electron chi connectivity index (χ4n) is 6.31. The van der Waals surface area contributed by atoms with Gasteiger partial charge in [-0.2, -0.15) is 0 Å². The molecule has 1 heterocycles. The van der Waals surface area contributed by atoms with Crippen LogP contribution in [0.25, 0.3) is 0 Å². The lowest BCUT2D eigenvalue weighted by atomic mass is 9.69. The molecule has 2 aliphatic carbocycles. The third-order valence-corrected chi connectivity index (χ3v) is 7.88. The number of hydrogen-bond donors (Lipinski definition) is 2. The Morgan fingerprint density at radius 3 is 1.88 bits per heavy atom. The summed E-state index contributed by atoms with van der Waals surface area (Å²) in [5.41, 5.74) is 0.567. The van der Waals surface area contributed by atoms with Gasteiger partial charge in [0.25, 0.3) is 0 Å². The number of nitrogens with one attached hydrogen (secondary N) is 2. The molecule has 1 saturated heterocycles. The van der Waals surface area contributed by atoms with Crippen molar-refractivity contribution in [3.8, 4) is 0 Å². The Balaban J connectivity index is 1.34. The molecular weight excluding hydrogens is 304 g/mol. The molecule has 3 fully saturated rings. The molecular formula is C23H44N2. The van der Waals surface area contributed by atoms with Gasteiger partial charge in [-0.05, 0) is 115 Å². The Labute approximate surface area is 157 Å². The third-order valence-electron chi connectivity index (χ3n) is 7.88. The molecule has 0 aromatic heterocycles. The lowest BCUT2D eigenvalue weighted by molar-refractivity contribution is 0.148. The first-order chi connectivity index (χ1) is 11.8. The van der Waals surface area contributed by atoms with Gasteiger partial charge in [0.1, 0.15) is 0 Å². The van der Waals surface area contributed by atoms with E-state index in [-0.39, 0.29) is 5.54 Å². The highest BCUT2D eigenvalue weighted by Gasteiger charge is 2.43. The van der Waals surface area contributed by atoms with Crippen LogP contribution in [-0.4, -0.2) is 24.2 Å². The Morgan fingerprint density at radius 1 is 0.800 bits per heavy atom. The molecule has 0 aromatic rings. The minimum atomic E-state index is 0.270. The molecule has 3 rings (SSSR count). The average molecular weight is 349 g/mol. The lowest BCUT2D eigenvalue weighted by Crippen LogP contribution is -2.47. The van der Waals surface area contributed by atoms with Crippen molar-refractivity contribution in [3.63, 3.8) is 0 Å². The van der Waals surface area contributed by atoms with Crippen LogP contribution in [0.1, 0.15) is 92.4 Å². The highest BCUT2D eigenvalue weighted by molar-refractivity contribution is 5.03. The summed E-state index contributed by atoms with van der Waals surface area (Å²) < 4.78 is 0. The zero-order valence-corrected chi connectivity index (χ0v) is 17.7. The van der Waals surface area contributed by atoms with E-state index in [0.29, 0.717) is 5.54 Å². The van der Waals surface area contributed by atoms with Crippen LogP contribution in [0.15, 0.2) is 0 Å². The van der Waals surface area contributed by atoms with E-state index in [1.807, 2.05) is 0 Å². The maximum Gasteiger partial charge on any atom is 0.0171 e. The van der Waals surface area contributed by atoms with Gasteiger partial charge in [0.05, 0.1) is 0 Å². The SMILES string of the molecule is CC1CCC(C2CCC(CNCC3CC(C)(C)NC3(C)C)CC2)CC1. The lowest BCUT2D eigenvalue weighted by Gasteiger charge is -2.37. The van der Waals surface area contributed by atoms with E-state index in [4.69, 9.17) is 0 Å². The standard InChI is InChI=1S/C23H44N2/c1-17-6-10-19(11-7-17)20-12-8-18(9-13-20)15-24-16-21-14-22(2,3)25-23(21,4)5/h17-21,24-25H,6-16H2,1-5H3. The first-order valence-corrected chi connectivity index (χ1v) is 11.3. The summed E-state index contributed by atoms with van der Waals surface area (Å²) in [6.07, 6.45) is 13.3. The number of rotatable bonds is 5. The van der Waals surface area contributed by atoms with E-state index in [0.717, 1.165) is 29.6 Å². The zero-order chi connectivity index (χ0) is 18.1. The highest BCUT2D eigenvalue weighted by Crippen LogP contribution is 2.41. The molecule has 2 nitrogen and oxygen atoms in total. The van der Waals surface area contributed by atoms with Gasteiger partial charge in [0.2, 0.25) is 0 Å². The molecule has 1 atom stereocenters. The summed E-state index contributed by atoms with van der Waals surface area (Å²) in [4.78, 5) is 0. The molecule has 2 heteroatoms. The summed E-state index contributed by atoms with van der Waals surface area (Å²) in [5, 5.41) is 7.66. The van der Waals surface area contributed by atoms with E-state index < -0.39 is 0 Å². The molecule has 1 unspecified atom stereocenters. The second-order valence-corrected chi connectivity index (χ2v) is 11.1. The van der Waals surface area contributed by atoms with Crippen LogP contribution in [0.2, 0.25) is 0 Å². The summed E-state index contributed by atoms with van der Waals surface area (Å²) in [5.74, 6) is 4.81. The maximum absolute atomic E-state index is 3.85. The van der Waals surface area contributed by atoms with E-state index in [1.54, 1.807) is 0 Å². The van der Waals surface area contributed by atoms with E-state index in [2.05, 4.69) is 45.3 Å². The third kappa shape index (κ3) is 5.22. The summed E-state index contributed by atoms with van der Waals surface area (Å²) in [6.45, 7) is 14.3. The van der Waals surface area contributed by atoms with Crippen molar-refractivity contribution in [2.24, 2.45) is 29.6 Å². The summed E-state index contributed by atoms with van der Waals surface area (Å²) >= 11 is 0. The highest BCUT2D eigenvalue weighted by atomic mass is 15.1. The van der Waals surface area contributed by atoms with E-state index in [1.165, 1.54) is 70.9 Å². The van der Waals surface area contributed by atoms with Gasteiger partial charge in [-0.1, -0.05) is 19.8 Å². The fourth-order valence-corrected chi connectivity index (χ4v) is 6.31. The van der Waals surface area contributed by atoms with Crippen molar-refractivity contribution in [3.05, 3.63) is 0 Å². The van der Waals surface area contributed by atoms with Crippen LogP contribution in [-0.2, 0) is 0 Å². The van der Waals surface area contributed by atoms with Gasteiger partial charge in [-0.25, -0.2) is 0 Å². The molecule has 146 valence electrons. The smallest absolute Gasteiger partial charge is 0.0171 e. The predicted molar refractivity (Wildman–Crippen MR) is 109 cm³/mol. The Hall–Kier alpha value is -0.0800. The molecule has 3 aliphatic rings. The molecule has 1 aliphatic heterocycles. The monoisotopic (exact) mass is 348 g/mol.